The Kier molecular flexibility index (Phi) is 12.1. The number of anilines is 1. The summed E-state index contributed by atoms with van der Waals surface area (Å²) in [6, 6.07) is 12.7. The molecule has 0 fully saturated rings. The van der Waals surface area contributed by atoms with Crippen molar-refractivity contribution in [2.45, 2.75) is 78.1 Å². The number of unbranched alkanes of at least 4 members (excludes halogenated alkanes) is 8. The SMILES string of the molecule is CCCCCCCCCCCC(=NOC(=S)Nc1ccc(Cl)cc1)c1cc(C)ccc1O. The number of nitrogens with zero attached hydrogens (tertiary/aromatic N) is 1. The number of oxime groups is 1. The Bertz CT molecular complexity index is 869. The van der Waals surface area contributed by atoms with Crippen LogP contribution < -0.4 is 5.32 Å². The Labute approximate surface area is 203 Å². The number of benzene rings is 2. The molecular formula is C26H35ClN2O2S. The minimum atomic E-state index is 0.143. The van der Waals surface area contributed by atoms with Crippen molar-refractivity contribution in [3.05, 3.63) is 58.6 Å². The van der Waals surface area contributed by atoms with Gasteiger partial charge in [0.05, 0.1) is 5.71 Å². The van der Waals surface area contributed by atoms with Crippen molar-refractivity contribution in [3.8, 4) is 5.75 Å². The molecular weight excluding hydrogens is 440 g/mol. The highest BCUT2D eigenvalue weighted by atomic mass is 35.5. The molecule has 174 valence electrons. The van der Waals surface area contributed by atoms with E-state index in [1.54, 1.807) is 18.2 Å². The van der Waals surface area contributed by atoms with E-state index in [0.29, 0.717) is 16.3 Å². The van der Waals surface area contributed by atoms with E-state index in [0.717, 1.165) is 30.5 Å². The number of hydrogen-bond donors (Lipinski definition) is 2. The highest BCUT2D eigenvalue weighted by molar-refractivity contribution is 7.80. The Morgan fingerprint density at radius 3 is 2.25 bits per heavy atom. The zero-order valence-corrected chi connectivity index (χ0v) is 20.8. The molecule has 4 nitrogen and oxygen atoms in total. The van der Waals surface area contributed by atoms with E-state index in [1.807, 2.05) is 31.2 Å². The van der Waals surface area contributed by atoms with Crippen LogP contribution in [0.5, 0.6) is 5.75 Å². The van der Waals surface area contributed by atoms with Crippen LogP contribution in [0.25, 0.3) is 0 Å². The smallest absolute Gasteiger partial charge is 0.293 e. The van der Waals surface area contributed by atoms with Gasteiger partial charge in [-0.05, 0) is 68.4 Å². The minimum Gasteiger partial charge on any atom is -0.507 e. The van der Waals surface area contributed by atoms with E-state index >= 15 is 0 Å². The summed E-state index contributed by atoms with van der Waals surface area (Å²) in [7, 11) is 0. The number of halogens is 1. The molecule has 0 atom stereocenters. The first-order chi connectivity index (χ1) is 15.5. The van der Waals surface area contributed by atoms with Gasteiger partial charge in [0.1, 0.15) is 5.75 Å². The van der Waals surface area contributed by atoms with Gasteiger partial charge in [-0.25, -0.2) is 0 Å². The summed E-state index contributed by atoms with van der Waals surface area (Å²) in [5.74, 6) is 0.199. The first-order valence-corrected chi connectivity index (χ1v) is 12.4. The third-order valence-electron chi connectivity index (χ3n) is 5.31. The molecule has 2 rings (SSSR count). The van der Waals surface area contributed by atoms with Crippen molar-refractivity contribution in [3.63, 3.8) is 0 Å². The summed E-state index contributed by atoms with van der Waals surface area (Å²) in [4.78, 5) is 5.48. The number of phenols is 1. The van der Waals surface area contributed by atoms with E-state index in [-0.39, 0.29) is 10.9 Å². The standard InChI is InChI=1S/C26H35ClN2O2S/c1-3-4-5-6-7-8-9-10-11-12-24(23-19-20(2)13-18-25(23)30)29-31-26(32)28-22-16-14-21(27)15-17-22/h13-19,30H,3-12H2,1-2H3,(H,28,32). The fourth-order valence-electron chi connectivity index (χ4n) is 3.48. The molecule has 0 aliphatic heterocycles. The Balaban J connectivity index is 1.91. The lowest BCUT2D eigenvalue weighted by molar-refractivity contribution is 0.334. The molecule has 0 amide bonds. The van der Waals surface area contributed by atoms with E-state index in [2.05, 4.69) is 17.4 Å². The molecule has 6 heteroatoms. The first-order valence-electron chi connectivity index (χ1n) is 11.6. The van der Waals surface area contributed by atoms with Crippen molar-refractivity contribution in [2.75, 3.05) is 5.32 Å². The zero-order valence-electron chi connectivity index (χ0n) is 19.2. The van der Waals surface area contributed by atoms with Crippen LogP contribution in [0.2, 0.25) is 5.02 Å². The number of aromatic hydroxyl groups is 1. The molecule has 0 heterocycles. The Morgan fingerprint density at radius 1 is 0.969 bits per heavy atom. The van der Waals surface area contributed by atoms with E-state index < -0.39 is 0 Å². The molecule has 0 unspecified atom stereocenters. The minimum absolute atomic E-state index is 0.143. The molecule has 2 aromatic rings. The van der Waals surface area contributed by atoms with Crippen molar-refractivity contribution < 1.29 is 9.94 Å². The van der Waals surface area contributed by atoms with Gasteiger partial charge in [0, 0.05) is 16.3 Å². The van der Waals surface area contributed by atoms with Gasteiger partial charge < -0.3 is 15.3 Å². The summed E-state index contributed by atoms with van der Waals surface area (Å²) in [6.07, 6.45) is 12.0. The second-order valence-corrected chi connectivity index (χ2v) is 8.95. The number of phenolic OH excluding ortho intramolecular Hbond substituents is 1. The number of aryl methyl sites for hydroxylation is 1. The van der Waals surface area contributed by atoms with Gasteiger partial charge >= 0.3 is 0 Å². The quantitative estimate of drug-likeness (QED) is 0.132. The largest absolute Gasteiger partial charge is 0.507 e. The van der Waals surface area contributed by atoms with Gasteiger partial charge in [0.2, 0.25) is 0 Å². The van der Waals surface area contributed by atoms with Gasteiger partial charge in [0.15, 0.2) is 0 Å². The van der Waals surface area contributed by atoms with Gasteiger partial charge in [-0.15, -0.1) is 0 Å². The number of rotatable bonds is 13. The third kappa shape index (κ3) is 10.0. The topological polar surface area (TPSA) is 53.8 Å². The van der Waals surface area contributed by atoms with E-state index in [9.17, 15) is 5.11 Å². The average Bonchev–Trinajstić information content (AvgIpc) is 2.78. The van der Waals surface area contributed by atoms with Crippen LogP contribution in [0.15, 0.2) is 47.6 Å². The predicted molar refractivity (Wildman–Crippen MR) is 140 cm³/mol. The monoisotopic (exact) mass is 474 g/mol. The maximum Gasteiger partial charge on any atom is 0.293 e. The summed E-state index contributed by atoms with van der Waals surface area (Å²) >= 11 is 11.2. The van der Waals surface area contributed by atoms with Crippen molar-refractivity contribution in [2.24, 2.45) is 5.16 Å². The van der Waals surface area contributed by atoms with Gasteiger partial charge in [-0.1, -0.05) is 86.7 Å². The maximum absolute atomic E-state index is 10.4. The predicted octanol–water partition coefficient (Wildman–Crippen LogP) is 8.39. The van der Waals surface area contributed by atoms with Gasteiger partial charge in [-0.3, -0.25) is 0 Å². The Hall–Kier alpha value is -2.11. The van der Waals surface area contributed by atoms with Crippen molar-refractivity contribution in [1.29, 1.82) is 0 Å². The maximum atomic E-state index is 10.4. The highest BCUT2D eigenvalue weighted by Gasteiger charge is 2.11. The molecule has 2 aromatic carbocycles. The van der Waals surface area contributed by atoms with Crippen LogP contribution >= 0.6 is 23.8 Å². The zero-order chi connectivity index (χ0) is 23.2. The molecule has 32 heavy (non-hydrogen) atoms. The van der Waals surface area contributed by atoms with Gasteiger partial charge in [-0.2, -0.15) is 0 Å². The molecule has 0 aromatic heterocycles. The van der Waals surface area contributed by atoms with Crippen molar-refractivity contribution in [1.82, 2.24) is 0 Å². The van der Waals surface area contributed by atoms with Crippen LogP contribution in [0, 0.1) is 6.92 Å². The summed E-state index contributed by atoms with van der Waals surface area (Å²) < 4.78 is 0. The normalized spacial score (nSPS) is 11.4. The molecule has 0 saturated carbocycles. The Morgan fingerprint density at radius 2 is 1.59 bits per heavy atom. The lowest BCUT2D eigenvalue weighted by Crippen LogP contribution is -2.12. The van der Waals surface area contributed by atoms with Crippen LogP contribution in [0.4, 0.5) is 5.69 Å². The molecule has 0 aliphatic carbocycles. The van der Waals surface area contributed by atoms with Crippen LogP contribution in [-0.4, -0.2) is 16.0 Å². The molecule has 0 radical (unpaired) electrons. The molecule has 2 N–H and O–H groups in total. The summed E-state index contributed by atoms with van der Waals surface area (Å²) in [6.45, 7) is 4.24. The van der Waals surface area contributed by atoms with Crippen LogP contribution in [0.3, 0.4) is 0 Å². The lowest BCUT2D eigenvalue weighted by Gasteiger charge is -2.11. The summed E-state index contributed by atoms with van der Waals surface area (Å²) in [5.41, 5.74) is 3.22. The first kappa shape index (κ1) is 26.1. The summed E-state index contributed by atoms with van der Waals surface area (Å²) in [5, 5.41) is 18.5. The number of nitrogens with one attached hydrogen (secondary N) is 1. The second kappa shape index (κ2) is 14.9. The lowest BCUT2D eigenvalue weighted by atomic mass is 10.00. The number of hydrogen-bond acceptors (Lipinski definition) is 4. The van der Waals surface area contributed by atoms with Crippen LogP contribution in [0.1, 0.15) is 82.3 Å². The van der Waals surface area contributed by atoms with Gasteiger partial charge in [0.25, 0.3) is 5.17 Å². The average molecular weight is 475 g/mol. The number of thiocarbonyl (C=S) groups is 1. The molecule has 0 bridgehead atoms. The van der Waals surface area contributed by atoms with Crippen molar-refractivity contribution >= 4 is 40.4 Å². The highest BCUT2D eigenvalue weighted by Crippen LogP contribution is 2.22. The van der Waals surface area contributed by atoms with E-state index in [4.69, 9.17) is 28.7 Å². The van der Waals surface area contributed by atoms with E-state index in [1.165, 1.54) is 44.9 Å². The third-order valence-corrected chi connectivity index (χ3v) is 5.74. The fourth-order valence-corrected chi connectivity index (χ4v) is 3.77. The molecule has 0 saturated heterocycles. The fraction of sp³-hybridized carbons (Fsp3) is 0.462. The molecule has 0 spiro atoms. The second-order valence-electron chi connectivity index (χ2n) is 8.15. The van der Waals surface area contributed by atoms with Crippen LogP contribution in [-0.2, 0) is 4.84 Å². The molecule has 0 aliphatic rings.